The van der Waals surface area contributed by atoms with E-state index < -0.39 is 14.8 Å². The number of nitrogen functional groups attached to an aromatic ring is 1. The molecule has 0 atom stereocenters. The van der Waals surface area contributed by atoms with E-state index in [0.717, 1.165) is 0 Å². The van der Waals surface area contributed by atoms with Gasteiger partial charge in [-0.15, -0.1) is 0 Å². The summed E-state index contributed by atoms with van der Waals surface area (Å²) < 4.78 is 25.3. The maximum atomic E-state index is 11.8. The first-order valence-corrected chi connectivity index (χ1v) is 6.57. The van der Waals surface area contributed by atoms with Crippen molar-refractivity contribution in [3.63, 3.8) is 0 Å². The first kappa shape index (κ1) is 13.1. The number of nitrogens with two attached hydrogens (primary N) is 1. The highest BCUT2D eigenvalue weighted by Crippen LogP contribution is 2.25. The lowest BCUT2D eigenvalue weighted by Gasteiger charge is -2.20. The first-order valence-electron chi connectivity index (χ1n) is 4.71. The zero-order chi connectivity index (χ0) is 12.6. The zero-order valence-electron chi connectivity index (χ0n) is 9.41. The van der Waals surface area contributed by atoms with Crippen molar-refractivity contribution >= 4 is 33.0 Å². The van der Waals surface area contributed by atoms with Gasteiger partial charge < -0.3 is 5.73 Å². The van der Waals surface area contributed by atoms with E-state index in [1.807, 2.05) is 0 Å². The molecule has 0 unspecified atom stereocenters. The second-order valence-corrected chi connectivity index (χ2v) is 7.30. The maximum absolute atomic E-state index is 11.8. The Morgan fingerprint density at radius 2 is 1.88 bits per heavy atom. The predicted octanol–water partition coefficient (Wildman–Crippen LogP) is 2.46. The van der Waals surface area contributed by atoms with Crippen LogP contribution < -0.4 is 10.5 Å². The summed E-state index contributed by atoms with van der Waals surface area (Å²) in [6.45, 7) is 4.86. The van der Waals surface area contributed by atoms with Crippen molar-refractivity contribution in [1.29, 1.82) is 0 Å². The first-order chi connectivity index (χ1) is 7.13. The van der Waals surface area contributed by atoms with Crippen molar-refractivity contribution in [2.75, 3.05) is 10.5 Å². The van der Waals surface area contributed by atoms with Crippen LogP contribution in [0.1, 0.15) is 20.8 Å². The highest BCUT2D eigenvalue weighted by Gasteiger charge is 2.28. The van der Waals surface area contributed by atoms with Crippen molar-refractivity contribution in [2.24, 2.45) is 0 Å². The van der Waals surface area contributed by atoms with E-state index in [0.29, 0.717) is 16.4 Å². The van der Waals surface area contributed by atoms with Crippen LogP contribution in [0, 0.1) is 0 Å². The molecule has 1 rings (SSSR count). The van der Waals surface area contributed by atoms with Crippen molar-refractivity contribution in [3.8, 4) is 0 Å². The summed E-state index contributed by atoms with van der Waals surface area (Å²) in [6, 6.07) is 4.62. The van der Waals surface area contributed by atoms with Crippen molar-refractivity contribution in [2.45, 2.75) is 25.5 Å². The molecular formula is C10H15ClN2O2S. The number of anilines is 2. The minimum absolute atomic E-state index is 0.343. The lowest BCUT2D eigenvalue weighted by atomic mass is 10.3. The molecule has 0 spiro atoms. The molecule has 1 aromatic carbocycles. The molecule has 1 aromatic rings. The molecule has 4 nitrogen and oxygen atoms in total. The van der Waals surface area contributed by atoms with Gasteiger partial charge in [0.05, 0.1) is 21.1 Å². The number of benzene rings is 1. The number of rotatable bonds is 2. The van der Waals surface area contributed by atoms with Crippen LogP contribution >= 0.6 is 11.6 Å². The normalized spacial score (nSPS) is 12.5. The average molecular weight is 263 g/mol. The van der Waals surface area contributed by atoms with Crippen LogP contribution in [0.25, 0.3) is 0 Å². The highest BCUT2D eigenvalue weighted by atomic mass is 35.5. The molecule has 0 saturated heterocycles. The fourth-order valence-electron chi connectivity index (χ4n) is 0.915. The van der Waals surface area contributed by atoms with Crippen LogP contribution in [0.4, 0.5) is 11.4 Å². The van der Waals surface area contributed by atoms with E-state index >= 15 is 0 Å². The molecule has 0 radical (unpaired) electrons. The Morgan fingerprint density at radius 3 is 2.31 bits per heavy atom. The minimum Gasteiger partial charge on any atom is -0.397 e. The van der Waals surface area contributed by atoms with E-state index in [9.17, 15) is 8.42 Å². The molecule has 16 heavy (non-hydrogen) atoms. The molecule has 0 aliphatic rings. The van der Waals surface area contributed by atoms with Crippen molar-refractivity contribution < 1.29 is 8.42 Å². The van der Waals surface area contributed by atoms with Crippen LogP contribution in [-0.4, -0.2) is 13.2 Å². The number of halogens is 1. The third-order valence-corrected chi connectivity index (χ3v) is 4.52. The highest BCUT2D eigenvalue weighted by molar-refractivity contribution is 7.94. The van der Waals surface area contributed by atoms with E-state index in [1.165, 1.54) is 6.07 Å². The van der Waals surface area contributed by atoms with Crippen LogP contribution in [0.2, 0.25) is 5.02 Å². The Kier molecular flexibility index (Phi) is 3.40. The van der Waals surface area contributed by atoms with Gasteiger partial charge in [-0.2, -0.15) is 0 Å². The van der Waals surface area contributed by atoms with E-state index in [4.69, 9.17) is 17.3 Å². The summed E-state index contributed by atoms with van der Waals surface area (Å²) in [5.41, 5.74) is 6.34. The Labute approximate surface area is 101 Å². The monoisotopic (exact) mass is 262 g/mol. The van der Waals surface area contributed by atoms with Crippen molar-refractivity contribution in [1.82, 2.24) is 0 Å². The van der Waals surface area contributed by atoms with Gasteiger partial charge in [0.15, 0.2) is 0 Å². The van der Waals surface area contributed by atoms with Gasteiger partial charge in [0.1, 0.15) is 0 Å². The summed E-state index contributed by atoms with van der Waals surface area (Å²) in [5.74, 6) is 0. The molecule has 0 bridgehead atoms. The number of hydrogen-bond acceptors (Lipinski definition) is 3. The van der Waals surface area contributed by atoms with Crippen LogP contribution in [-0.2, 0) is 10.0 Å². The van der Waals surface area contributed by atoms with E-state index in [2.05, 4.69) is 4.72 Å². The average Bonchev–Trinajstić information content (AvgIpc) is 2.09. The molecular weight excluding hydrogens is 248 g/mol. The fraction of sp³-hybridized carbons (Fsp3) is 0.400. The SMILES string of the molecule is CC(C)(C)S(=O)(=O)Nc1ccc(Cl)c(N)c1. The fourth-order valence-corrected chi connectivity index (χ4v) is 1.78. The van der Waals surface area contributed by atoms with Gasteiger partial charge in [0, 0.05) is 0 Å². The van der Waals surface area contributed by atoms with Crippen LogP contribution in [0.5, 0.6) is 0 Å². The third kappa shape index (κ3) is 2.80. The van der Waals surface area contributed by atoms with Gasteiger partial charge >= 0.3 is 0 Å². The van der Waals surface area contributed by atoms with Gasteiger partial charge in [0.2, 0.25) is 10.0 Å². The lowest BCUT2D eigenvalue weighted by molar-refractivity contribution is 0.566. The minimum atomic E-state index is -3.43. The Hall–Kier alpha value is -0.940. The number of sulfonamides is 1. The quantitative estimate of drug-likeness (QED) is 0.804. The largest absolute Gasteiger partial charge is 0.397 e. The third-order valence-electron chi connectivity index (χ3n) is 2.05. The van der Waals surface area contributed by atoms with Gasteiger partial charge in [-0.05, 0) is 39.0 Å². The Morgan fingerprint density at radius 1 is 1.31 bits per heavy atom. The van der Waals surface area contributed by atoms with Gasteiger partial charge in [-0.25, -0.2) is 8.42 Å². The van der Waals surface area contributed by atoms with Gasteiger partial charge in [-0.3, -0.25) is 4.72 Å². The Balaban J connectivity index is 3.03. The molecule has 0 heterocycles. The second-order valence-electron chi connectivity index (χ2n) is 4.45. The predicted molar refractivity (Wildman–Crippen MR) is 68.2 cm³/mol. The zero-order valence-corrected chi connectivity index (χ0v) is 11.0. The van der Waals surface area contributed by atoms with Gasteiger partial charge in [0.25, 0.3) is 0 Å². The van der Waals surface area contributed by atoms with Crippen LogP contribution in [0.3, 0.4) is 0 Å². The summed E-state index contributed by atoms with van der Waals surface area (Å²) in [5, 5.41) is 0.402. The molecule has 0 amide bonds. The Bertz CT molecular complexity index is 492. The molecule has 0 aliphatic carbocycles. The summed E-state index contributed by atoms with van der Waals surface area (Å²) in [7, 11) is -3.43. The van der Waals surface area contributed by atoms with E-state index in [-0.39, 0.29) is 0 Å². The van der Waals surface area contributed by atoms with E-state index in [1.54, 1.807) is 32.9 Å². The number of nitrogens with one attached hydrogen (secondary N) is 1. The summed E-state index contributed by atoms with van der Waals surface area (Å²) >= 11 is 5.74. The molecule has 3 N–H and O–H groups in total. The smallest absolute Gasteiger partial charge is 0.237 e. The molecule has 6 heteroatoms. The molecule has 0 fully saturated rings. The van der Waals surface area contributed by atoms with Crippen molar-refractivity contribution in [3.05, 3.63) is 23.2 Å². The molecule has 90 valence electrons. The molecule has 0 saturated carbocycles. The lowest BCUT2D eigenvalue weighted by Crippen LogP contribution is -2.33. The summed E-state index contributed by atoms with van der Waals surface area (Å²) in [6.07, 6.45) is 0. The topological polar surface area (TPSA) is 72.2 Å². The number of hydrogen-bond donors (Lipinski definition) is 2. The standard InChI is InChI=1S/C10H15ClN2O2S/c1-10(2,3)16(14,15)13-7-4-5-8(11)9(12)6-7/h4-6,13H,12H2,1-3H3. The second kappa shape index (κ2) is 4.14. The maximum Gasteiger partial charge on any atom is 0.237 e. The summed E-state index contributed by atoms with van der Waals surface area (Å²) in [4.78, 5) is 0. The molecule has 0 aliphatic heterocycles. The molecule has 0 aromatic heterocycles. The van der Waals surface area contributed by atoms with Gasteiger partial charge in [-0.1, -0.05) is 11.6 Å². The van der Waals surface area contributed by atoms with Crippen LogP contribution in [0.15, 0.2) is 18.2 Å².